The quantitative estimate of drug-likeness (QED) is 0.172. The molecule has 3 aromatic heterocycles. The third kappa shape index (κ3) is 5.42. The molecule has 0 amide bonds. The van der Waals surface area contributed by atoms with Gasteiger partial charge in [0.1, 0.15) is 0 Å². The molecule has 0 spiro atoms. The molecule has 0 N–H and O–H groups in total. The van der Waals surface area contributed by atoms with Crippen LogP contribution in [0, 0.1) is 0 Å². The highest BCUT2D eigenvalue weighted by molar-refractivity contribution is 6.23. The molecular weight excluding hydrogens is 683 g/mol. The number of hydrogen-bond acceptors (Lipinski definition) is 3. The van der Waals surface area contributed by atoms with Crippen molar-refractivity contribution >= 4 is 43.6 Å². The number of benzene rings is 7. The molecule has 7 aromatic carbocycles. The molecule has 0 atom stereocenters. The Morgan fingerprint density at radius 2 is 0.857 bits per heavy atom. The van der Waals surface area contributed by atoms with Gasteiger partial charge < -0.3 is 4.57 Å². The zero-order chi connectivity index (χ0) is 37.0. The van der Waals surface area contributed by atoms with Gasteiger partial charge in [0.15, 0.2) is 11.6 Å². The van der Waals surface area contributed by atoms with Crippen LogP contribution in [0.1, 0.15) is 43.6 Å². The Morgan fingerprint density at radius 3 is 1.48 bits per heavy atom. The van der Waals surface area contributed by atoms with E-state index in [9.17, 15) is 0 Å². The van der Waals surface area contributed by atoms with E-state index < -0.39 is 0 Å². The summed E-state index contributed by atoms with van der Waals surface area (Å²) in [4.78, 5) is 15.7. The Morgan fingerprint density at radius 1 is 0.375 bits per heavy atom. The first-order valence-electron chi connectivity index (χ1n) is 19.8. The third-order valence-electron chi connectivity index (χ3n) is 11.8. The van der Waals surface area contributed by atoms with Crippen molar-refractivity contribution in [2.75, 3.05) is 0 Å². The predicted molar refractivity (Wildman–Crippen MR) is 231 cm³/mol. The largest absolute Gasteiger partial charge is 0.307 e. The molecular formula is C51H39N5. The molecule has 1 fully saturated rings. The van der Waals surface area contributed by atoms with Crippen LogP contribution >= 0.6 is 0 Å². The fourth-order valence-corrected chi connectivity index (χ4v) is 9.06. The van der Waals surface area contributed by atoms with Gasteiger partial charge in [0.2, 0.25) is 5.95 Å². The van der Waals surface area contributed by atoms with Gasteiger partial charge in [0.25, 0.3) is 0 Å². The molecule has 11 rings (SSSR count). The first-order valence-corrected chi connectivity index (χ1v) is 19.8. The predicted octanol–water partition coefficient (Wildman–Crippen LogP) is 13.1. The number of aromatic nitrogens is 5. The summed E-state index contributed by atoms with van der Waals surface area (Å²) in [7, 11) is 0. The van der Waals surface area contributed by atoms with Crippen molar-refractivity contribution in [2.45, 2.75) is 38.0 Å². The smallest absolute Gasteiger partial charge is 0.238 e. The average molecular weight is 722 g/mol. The van der Waals surface area contributed by atoms with Crippen LogP contribution in [-0.2, 0) is 0 Å². The van der Waals surface area contributed by atoms with E-state index in [0.717, 1.165) is 49.7 Å². The molecule has 268 valence electrons. The molecule has 3 heterocycles. The molecule has 0 saturated heterocycles. The van der Waals surface area contributed by atoms with E-state index in [1.807, 2.05) is 18.2 Å². The Kier molecular flexibility index (Phi) is 7.83. The van der Waals surface area contributed by atoms with Crippen LogP contribution in [0.5, 0.6) is 0 Å². The van der Waals surface area contributed by atoms with Crippen molar-refractivity contribution in [3.05, 3.63) is 175 Å². The summed E-state index contributed by atoms with van der Waals surface area (Å²) in [6.45, 7) is 0. The summed E-state index contributed by atoms with van der Waals surface area (Å²) in [5, 5.41) is 4.68. The Bertz CT molecular complexity index is 3030. The van der Waals surface area contributed by atoms with Gasteiger partial charge in [0, 0.05) is 38.4 Å². The average Bonchev–Trinajstić information content (AvgIpc) is 3.80. The Hall–Kier alpha value is -6.85. The second kappa shape index (κ2) is 13.5. The lowest BCUT2D eigenvalue weighted by Crippen LogP contribution is -2.07. The molecule has 1 saturated carbocycles. The van der Waals surface area contributed by atoms with E-state index in [-0.39, 0.29) is 0 Å². The lowest BCUT2D eigenvalue weighted by molar-refractivity contribution is 0.443. The van der Waals surface area contributed by atoms with E-state index in [2.05, 4.69) is 161 Å². The monoisotopic (exact) mass is 721 g/mol. The van der Waals surface area contributed by atoms with Crippen LogP contribution < -0.4 is 0 Å². The zero-order valence-electron chi connectivity index (χ0n) is 31.0. The molecule has 0 bridgehead atoms. The number of nitrogens with zero attached hydrogens (tertiary/aromatic N) is 5. The van der Waals surface area contributed by atoms with Crippen LogP contribution in [0.25, 0.3) is 89.2 Å². The fourth-order valence-electron chi connectivity index (χ4n) is 9.06. The zero-order valence-corrected chi connectivity index (χ0v) is 31.0. The number of fused-ring (bicyclic) bond motifs is 7. The minimum atomic E-state index is 0.583. The van der Waals surface area contributed by atoms with Crippen LogP contribution in [0.4, 0.5) is 0 Å². The maximum atomic E-state index is 5.33. The van der Waals surface area contributed by atoms with Crippen molar-refractivity contribution in [2.24, 2.45) is 0 Å². The van der Waals surface area contributed by atoms with Gasteiger partial charge >= 0.3 is 0 Å². The number of hydrogen-bond donors (Lipinski definition) is 0. The van der Waals surface area contributed by atoms with Crippen molar-refractivity contribution < 1.29 is 0 Å². The van der Waals surface area contributed by atoms with Gasteiger partial charge in [0.05, 0.1) is 22.1 Å². The first kappa shape index (κ1) is 32.6. The van der Waals surface area contributed by atoms with Crippen molar-refractivity contribution in [1.82, 2.24) is 24.1 Å². The van der Waals surface area contributed by atoms with Gasteiger partial charge in [-0.25, -0.2) is 4.98 Å². The van der Waals surface area contributed by atoms with Gasteiger partial charge in [-0.2, -0.15) is 9.97 Å². The van der Waals surface area contributed by atoms with Crippen LogP contribution in [0.3, 0.4) is 0 Å². The molecule has 0 unspecified atom stereocenters. The van der Waals surface area contributed by atoms with E-state index in [0.29, 0.717) is 23.5 Å². The summed E-state index contributed by atoms with van der Waals surface area (Å²) < 4.78 is 4.65. The van der Waals surface area contributed by atoms with E-state index in [4.69, 9.17) is 15.0 Å². The SMILES string of the molecule is c1ccc(-c2nc(-c3ccc(-c4ccc(C5CCCCC5)cc4)cc3)nc(-n3c4ccccc4c4ccc5c6ccccc6n(-c6ccccc6)c5c43)n2)cc1. The van der Waals surface area contributed by atoms with E-state index in [1.165, 1.54) is 59.6 Å². The second-order valence-electron chi connectivity index (χ2n) is 15.1. The maximum Gasteiger partial charge on any atom is 0.238 e. The molecule has 1 aliphatic carbocycles. The van der Waals surface area contributed by atoms with E-state index >= 15 is 0 Å². The summed E-state index contributed by atoms with van der Waals surface area (Å²) in [5.74, 6) is 2.55. The van der Waals surface area contributed by atoms with Gasteiger partial charge in [-0.3, -0.25) is 4.57 Å². The Balaban J connectivity index is 1.12. The fraction of sp³-hybridized carbons (Fsp3) is 0.118. The van der Waals surface area contributed by atoms with Gasteiger partial charge in [-0.15, -0.1) is 0 Å². The van der Waals surface area contributed by atoms with Crippen LogP contribution in [0.15, 0.2) is 170 Å². The van der Waals surface area contributed by atoms with Crippen molar-refractivity contribution in [3.63, 3.8) is 0 Å². The lowest BCUT2D eigenvalue weighted by atomic mass is 9.84. The Labute approximate surface area is 325 Å². The normalized spacial score (nSPS) is 13.6. The highest BCUT2D eigenvalue weighted by Crippen LogP contribution is 2.42. The topological polar surface area (TPSA) is 48.5 Å². The highest BCUT2D eigenvalue weighted by Gasteiger charge is 2.23. The summed E-state index contributed by atoms with van der Waals surface area (Å²) in [6, 6.07) is 60.6. The second-order valence-corrected chi connectivity index (χ2v) is 15.1. The third-order valence-corrected chi connectivity index (χ3v) is 11.8. The molecule has 0 radical (unpaired) electrons. The maximum absolute atomic E-state index is 5.33. The molecule has 1 aliphatic rings. The minimum absolute atomic E-state index is 0.583. The van der Waals surface area contributed by atoms with Gasteiger partial charge in [-0.05, 0) is 59.7 Å². The number of rotatable bonds is 6. The minimum Gasteiger partial charge on any atom is -0.307 e. The number of para-hydroxylation sites is 3. The van der Waals surface area contributed by atoms with Gasteiger partial charge in [-0.1, -0.05) is 165 Å². The lowest BCUT2D eigenvalue weighted by Gasteiger charge is -2.22. The standard InChI is InChI=1S/C51H39N5/c1-4-14-34(15-5-1)35-24-26-36(27-25-35)37-28-30-39(31-29-37)50-52-49(38-16-6-2-7-17-38)53-51(54-50)56-46-23-13-11-21-42(46)44-33-32-43-41-20-10-12-22-45(41)55(47(43)48(44)56)40-18-8-3-9-19-40/h2-3,6-13,16-34H,1,4-5,14-15H2. The first-order chi connectivity index (χ1) is 27.8. The summed E-state index contributed by atoms with van der Waals surface area (Å²) in [5.41, 5.74) is 11.2. The van der Waals surface area contributed by atoms with Crippen LogP contribution in [0.2, 0.25) is 0 Å². The molecule has 5 nitrogen and oxygen atoms in total. The molecule has 0 aliphatic heterocycles. The highest BCUT2D eigenvalue weighted by atomic mass is 15.2. The van der Waals surface area contributed by atoms with Crippen molar-refractivity contribution in [1.29, 1.82) is 0 Å². The van der Waals surface area contributed by atoms with E-state index in [1.54, 1.807) is 0 Å². The molecule has 10 aromatic rings. The summed E-state index contributed by atoms with van der Waals surface area (Å²) in [6.07, 6.45) is 6.68. The molecule has 5 heteroatoms. The molecule has 56 heavy (non-hydrogen) atoms. The van der Waals surface area contributed by atoms with Crippen LogP contribution in [-0.4, -0.2) is 24.1 Å². The van der Waals surface area contributed by atoms with Crippen molar-refractivity contribution in [3.8, 4) is 45.5 Å². The summed E-state index contributed by atoms with van der Waals surface area (Å²) >= 11 is 0.